The minimum atomic E-state index is -0.561. The summed E-state index contributed by atoms with van der Waals surface area (Å²) in [5.74, 6) is -0.249. The van der Waals surface area contributed by atoms with Crippen LogP contribution < -0.4 is 5.32 Å². The van der Waals surface area contributed by atoms with Crippen LogP contribution in [0, 0.1) is 6.92 Å². The Morgan fingerprint density at radius 3 is 1.91 bits per heavy atom. The normalized spacial score (nSPS) is 11.8. The molecule has 4 nitrogen and oxygen atoms in total. The second kappa shape index (κ2) is 11.3. The Balaban J connectivity index is 1.92. The molecule has 0 aliphatic rings. The Bertz CT molecular complexity index is 978. The van der Waals surface area contributed by atoms with Gasteiger partial charge in [0.15, 0.2) is 0 Å². The van der Waals surface area contributed by atoms with Gasteiger partial charge in [-0.1, -0.05) is 84.9 Å². The number of amides is 2. The van der Waals surface area contributed by atoms with Gasteiger partial charge in [0.25, 0.3) is 0 Å². The number of nitrogens with zero attached hydrogens (tertiary/aromatic N) is 1. The number of hydrogen-bond donors (Lipinski definition) is 1. The summed E-state index contributed by atoms with van der Waals surface area (Å²) < 4.78 is 0. The first-order valence-corrected chi connectivity index (χ1v) is 11.2. The van der Waals surface area contributed by atoms with Crippen LogP contribution in [-0.2, 0) is 16.1 Å². The summed E-state index contributed by atoms with van der Waals surface area (Å²) >= 11 is 0. The summed E-state index contributed by atoms with van der Waals surface area (Å²) in [7, 11) is 0. The zero-order chi connectivity index (χ0) is 22.9. The number of likely N-dealkylation sites (N-methyl/N-ethyl adjacent to an activating group) is 1. The van der Waals surface area contributed by atoms with E-state index in [2.05, 4.69) is 29.6 Å². The van der Waals surface area contributed by atoms with Crippen LogP contribution in [0.2, 0.25) is 0 Å². The van der Waals surface area contributed by atoms with Gasteiger partial charge in [-0.15, -0.1) is 0 Å². The van der Waals surface area contributed by atoms with Gasteiger partial charge in [0.2, 0.25) is 11.8 Å². The molecule has 0 saturated heterocycles. The van der Waals surface area contributed by atoms with Crippen molar-refractivity contribution >= 4 is 11.8 Å². The van der Waals surface area contributed by atoms with Gasteiger partial charge in [0, 0.05) is 25.4 Å². The van der Waals surface area contributed by atoms with Crippen LogP contribution in [-0.4, -0.2) is 29.3 Å². The van der Waals surface area contributed by atoms with E-state index < -0.39 is 6.04 Å². The summed E-state index contributed by atoms with van der Waals surface area (Å²) in [6.45, 7) is 6.66. The highest BCUT2D eigenvalue weighted by Gasteiger charge is 2.29. The molecule has 0 saturated carbocycles. The Morgan fingerprint density at radius 2 is 1.38 bits per heavy atom. The van der Waals surface area contributed by atoms with Crippen LogP contribution in [0.3, 0.4) is 0 Å². The van der Waals surface area contributed by atoms with Gasteiger partial charge >= 0.3 is 0 Å². The summed E-state index contributed by atoms with van der Waals surface area (Å²) in [6.07, 6.45) is 0.295. The van der Waals surface area contributed by atoms with Crippen LogP contribution in [0.1, 0.15) is 48.4 Å². The fourth-order valence-electron chi connectivity index (χ4n) is 3.97. The molecule has 0 spiro atoms. The average molecular weight is 429 g/mol. The first kappa shape index (κ1) is 23.3. The standard InChI is InChI=1S/C28H32N2O2/c1-4-29-28(32)22(3)30(20-25-18-12-11-13-21(25)2)27(31)19-26(23-14-7-5-8-15-23)24-16-9-6-10-17-24/h5-18,22,26H,4,19-20H2,1-3H3,(H,29,32)/t22-/m0/s1. The molecule has 4 heteroatoms. The summed E-state index contributed by atoms with van der Waals surface area (Å²) in [4.78, 5) is 28.1. The molecular weight excluding hydrogens is 396 g/mol. The molecule has 0 aliphatic carbocycles. The van der Waals surface area contributed by atoms with Crippen molar-refractivity contribution in [2.45, 2.75) is 45.7 Å². The lowest BCUT2D eigenvalue weighted by Gasteiger charge is -2.31. The molecule has 3 rings (SSSR count). The van der Waals surface area contributed by atoms with Crippen LogP contribution in [0.5, 0.6) is 0 Å². The van der Waals surface area contributed by atoms with E-state index in [0.29, 0.717) is 19.5 Å². The fourth-order valence-corrected chi connectivity index (χ4v) is 3.97. The van der Waals surface area contributed by atoms with Crippen LogP contribution in [0.15, 0.2) is 84.9 Å². The van der Waals surface area contributed by atoms with Crippen molar-refractivity contribution in [1.82, 2.24) is 10.2 Å². The maximum atomic E-state index is 13.7. The minimum absolute atomic E-state index is 0.0373. The highest BCUT2D eigenvalue weighted by molar-refractivity contribution is 5.87. The number of rotatable bonds is 9. The topological polar surface area (TPSA) is 49.4 Å². The predicted molar refractivity (Wildman–Crippen MR) is 129 cm³/mol. The van der Waals surface area contributed by atoms with Gasteiger partial charge in [-0.3, -0.25) is 9.59 Å². The van der Waals surface area contributed by atoms with Gasteiger partial charge < -0.3 is 10.2 Å². The van der Waals surface area contributed by atoms with Crippen LogP contribution in [0.25, 0.3) is 0 Å². The van der Waals surface area contributed by atoms with Crippen molar-refractivity contribution in [1.29, 1.82) is 0 Å². The number of aryl methyl sites for hydroxylation is 1. The maximum Gasteiger partial charge on any atom is 0.242 e. The second-order valence-electron chi connectivity index (χ2n) is 8.10. The molecule has 0 aliphatic heterocycles. The lowest BCUT2D eigenvalue weighted by Crippen LogP contribution is -2.48. The molecule has 32 heavy (non-hydrogen) atoms. The third kappa shape index (κ3) is 5.85. The predicted octanol–water partition coefficient (Wildman–Crippen LogP) is 5.07. The zero-order valence-electron chi connectivity index (χ0n) is 19.1. The number of nitrogens with one attached hydrogen (secondary N) is 1. The largest absolute Gasteiger partial charge is 0.355 e. The highest BCUT2D eigenvalue weighted by atomic mass is 16.2. The molecule has 0 unspecified atom stereocenters. The monoisotopic (exact) mass is 428 g/mol. The van der Waals surface area contributed by atoms with Crippen molar-refractivity contribution in [2.75, 3.05) is 6.54 Å². The van der Waals surface area contributed by atoms with E-state index in [9.17, 15) is 9.59 Å². The SMILES string of the molecule is CCNC(=O)[C@H](C)N(Cc1ccccc1C)C(=O)CC(c1ccccc1)c1ccccc1. The van der Waals surface area contributed by atoms with Gasteiger partial charge in [-0.2, -0.15) is 0 Å². The quantitative estimate of drug-likeness (QED) is 0.517. The van der Waals surface area contributed by atoms with E-state index in [4.69, 9.17) is 0 Å². The molecule has 1 N–H and O–H groups in total. The molecule has 2 amide bonds. The van der Waals surface area contributed by atoms with E-state index in [1.807, 2.05) is 74.5 Å². The van der Waals surface area contributed by atoms with E-state index in [1.165, 1.54) is 0 Å². The molecule has 0 radical (unpaired) electrons. The Morgan fingerprint density at radius 1 is 0.844 bits per heavy atom. The molecule has 0 heterocycles. The van der Waals surface area contributed by atoms with Crippen molar-refractivity contribution in [2.24, 2.45) is 0 Å². The van der Waals surface area contributed by atoms with Gasteiger partial charge in [0.05, 0.1) is 0 Å². The molecule has 0 bridgehead atoms. The molecule has 1 atom stereocenters. The second-order valence-corrected chi connectivity index (χ2v) is 8.10. The van der Waals surface area contributed by atoms with Crippen molar-refractivity contribution in [3.8, 4) is 0 Å². The van der Waals surface area contributed by atoms with Gasteiger partial charge in [-0.25, -0.2) is 0 Å². The maximum absolute atomic E-state index is 13.7. The Hall–Kier alpha value is -3.40. The summed E-state index contributed by atoms with van der Waals surface area (Å²) in [5.41, 5.74) is 4.34. The minimum Gasteiger partial charge on any atom is -0.355 e. The van der Waals surface area contributed by atoms with E-state index in [-0.39, 0.29) is 17.7 Å². The van der Waals surface area contributed by atoms with Gasteiger partial charge in [0.1, 0.15) is 6.04 Å². The highest BCUT2D eigenvalue weighted by Crippen LogP contribution is 2.29. The number of hydrogen-bond acceptors (Lipinski definition) is 2. The molecule has 166 valence electrons. The van der Waals surface area contributed by atoms with E-state index in [1.54, 1.807) is 11.8 Å². The van der Waals surface area contributed by atoms with Crippen molar-refractivity contribution < 1.29 is 9.59 Å². The van der Waals surface area contributed by atoms with E-state index in [0.717, 1.165) is 22.3 Å². The third-order valence-corrected chi connectivity index (χ3v) is 5.90. The fraction of sp³-hybridized carbons (Fsp3) is 0.286. The lowest BCUT2D eigenvalue weighted by molar-refractivity contribution is -0.140. The molecule has 0 fully saturated rings. The number of benzene rings is 3. The average Bonchev–Trinajstić information content (AvgIpc) is 2.82. The van der Waals surface area contributed by atoms with Crippen molar-refractivity contribution in [3.05, 3.63) is 107 Å². The molecular formula is C28H32N2O2. The first-order valence-electron chi connectivity index (χ1n) is 11.2. The third-order valence-electron chi connectivity index (χ3n) is 5.90. The summed E-state index contributed by atoms with van der Waals surface area (Å²) in [5, 5.41) is 2.86. The van der Waals surface area contributed by atoms with Crippen molar-refractivity contribution in [3.63, 3.8) is 0 Å². The molecule has 0 aromatic heterocycles. The Labute approximate surface area is 191 Å². The van der Waals surface area contributed by atoms with Gasteiger partial charge in [-0.05, 0) is 43.0 Å². The lowest BCUT2D eigenvalue weighted by atomic mass is 9.88. The van der Waals surface area contributed by atoms with E-state index >= 15 is 0 Å². The summed E-state index contributed by atoms with van der Waals surface area (Å²) in [6, 6.07) is 27.6. The first-order chi connectivity index (χ1) is 15.5. The number of carbonyl (C=O) groups excluding carboxylic acids is 2. The smallest absolute Gasteiger partial charge is 0.242 e. The molecule has 3 aromatic carbocycles. The Kier molecular flexibility index (Phi) is 8.20. The zero-order valence-corrected chi connectivity index (χ0v) is 19.1. The van der Waals surface area contributed by atoms with Crippen LogP contribution >= 0.6 is 0 Å². The molecule has 3 aromatic rings. The number of carbonyl (C=O) groups is 2. The van der Waals surface area contributed by atoms with Crippen LogP contribution in [0.4, 0.5) is 0 Å².